The molecule has 5 heteroatoms. The normalized spacial score (nSPS) is 12.4. The van der Waals surface area contributed by atoms with Crippen molar-refractivity contribution in [3.05, 3.63) is 63.9 Å². The van der Waals surface area contributed by atoms with Gasteiger partial charge in [-0.1, -0.05) is 0 Å². The summed E-state index contributed by atoms with van der Waals surface area (Å²) in [5.41, 5.74) is 1.10. The number of likely N-dealkylation sites (N-methyl/N-ethyl adjacent to an activating group) is 1. The van der Waals surface area contributed by atoms with Crippen LogP contribution in [-0.2, 0) is 6.42 Å². The van der Waals surface area contributed by atoms with Crippen LogP contribution in [0.2, 0.25) is 0 Å². The van der Waals surface area contributed by atoms with E-state index in [2.05, 4.69) is 26.2 Å². The molecule has 0 aliphatic carbocycles. The minimum atomic E-state index is -0.439. The molecule has 1 heterocycles. The van der Waals surface area contributed by atoms with Crippen LogP contribution in [0.5, 0.6) is 0 Å². The number of hydrogen-bond acceptors (Lipinski definition) is 2. The van der Waals surface area contributed by atoms with Crippen LogP contribution in [0.25, 0.3) is 0 Å². The van der Waals surface area contributed by atoms with Crippen molar-refractivity contribution in [2.24, 2.45) is 0 Å². The Kier molecular flexibility index (Phi) is 4.61. The lowest BCUT2D eigenvalue weighted by molar-refractivity contribution is 0.535. The number of halogens is 3. The minimum Gasteiger partial charge on any atom is -0.311 e. The molecule has 19 heavy (non-hydrogen) atoms. The van der Waals surface area contributed by atoms with E-state index in [1.165, 1.54) is 6.07 Å². The molecule has 2 aromatic rings. The Bertz CT molecular complexity index is 575. The lowest BCUT2D eigenvalue weighted by Gasteiger charge is -2.17. The first-order valence-electron chi connectivity index (χ1n) is 5.83. The van der Waals surface area contributed by atoms with E-state index in [-0.39, 0.29) is 6.04 Å². The van der Waals surface area contributed by atoms with Gasteiger partial charge in [-0.3, -0.25) is 4.98 Å². The summed E-state index contributed by atoms with van der Waals surface area (Å²) in [6, 6.07) is 6.97. The van der Waals surface area contributed by atoms with Gasteiger partial charge in [-0.25, -0.2) is 8.78 Å². The highest BCUT2D eigenvalue weighted by Gasteiger charge is 2.16. The number of hydrogen-bond donors (Lipinski definition) is 1. The molecule has 2 rings (SSSR count). The molecule has 0 bridgehead atoms. The molecule has 0 spiro atoms. The van der Waals surface area contributed by atoms with Gasteiger partial charge in [-0.15, -0.1) is 0 Å². The van der Waals surface area contributed by atoms with E-state index in [1.807, 2.05) is 12.1 Å². The summed E-state index contributed by atoms with van der Waals surface area (Å²) >= 11 is 3.41. The van der Waals surface area contributed by atoms with Crippen molar-refractivity contribution in [3.8, 4) is 0 Å². The van der Waals surface area contributed by atoms with Gasteiger partial charge in [0, 0.05) is 10.7 Å². The monoisotopic (exact) mass is 326 g/mol. The van der Waals surface area contributed by atoms with Gasteiger partial charge in [0.2, 0.25) is 0 Å². The number of nitrogens with zero attached hydrogens (tertiary/aromatic N) is 1. The van der Waals surface area contributed by atoms with Crippen molar-refractivity contribution in [1.29, 1.82) is 0 Å². The van der Waals surface area contributed by atoms with Gasteiger partial charge >= 0.3 is 0 Å². The maximum atomic E-state index is 13.7. The third kappa shape index (κ3) is 3.36. The Morgan fingerprint density at radius 1 is 1.32 bits per heavy atom. The van der Waals surface area contributed by atoms with Crippen LogP contribution < -0.4 is 5.32 Å². The molecule has 0 fully saturated rings. The van der Waals surface area contributed by atoms with Gasteiger partial charge in [0.1, 0.15) is 11.6 Å². The van der Waals surface area contributed by atoms with Crippen molar-refractivity contribution in [2.75, 3.05) is 7.05 Å². The van der Waals surface area contributed by atoms with Crippen LogP contribution in [0.3, 0.4) is 0 Å². The zero-order chi connectivity index (χ0) is 13.8. The Morgan fingerprint density at radius 3 is 2.79 bits per heavy atom. The summed E-state index contributed by atoms with van der Waals surface area (Å²) in [6.45, 7) is 0. The van der Waals surface area contributed by atoms with Gasteiger partial charge in [-0.05, 0) is 65.3 Å². The van der Waals surface area contributed by atoms with Gasteiger partial charge in [0.25, 0.3) is 0 Å². The topological polar surface area (TPSA) is 24.9 Å². The Balaban J connectivity index is 2.29. The molecule has 0 saturated carbocycles. The van der Waals surface area contributed by atoms with Crippen molar-refractivity contribution in [3.63, 3.8) is 0 Å². The van der Waals surface area contributed by atoms with Crippen molar-refractivity contribution < 1.29 is 8.78 Å². The molecule has 0 amide bonds. The lowest BCUT2D eigenvalue weighted by atomic mass is 10.0. The standard InChI is InChI=1S/C14H13BrF2N2/c1-18-13(14-11(15)3-2-6-19-14)8-9-7-10(16)4-5-12(9)17/h2-7,13,18H,8H2,1H3. The highest BCUT2D eigenvalue weighted by molar-refractivity contribution is 9.10. The van der Waals surface area contributed by atoms with Gasteiger partial charge in [0.15, 0.2) is 0 Å². The fraction of sp³-hybridized carbons (Fsp3) is 0.214. The molecule has 100 valence electrons. The second-order valence-electron chi connectivity index (χ2n) is 4.15. The van der Waals surface area contributed by atoms with Gasteiger partial charge < -0.3 is 5.32 Å². The largest absolute Gasteiger partial charge is 0.311 e. The zero-order valence-electron chi connectivity index (χ0n) is 10.3. The number of pyridine rings is 1. The molecule has 1 N–H and O–H groups in total. The molecule has 1 atom stereocenters. The van der Waals surface area contributed by atoms with Crippen LogP contribution in [0, 0.1) is 11.6 Å². The van der Waals surface area contributed by atoms with Crippen LogP contribution in [0.4, 0.5) is 8.78 Å². The number of aromatic nitrogens is 1. The lowest BCUT2D eigenvalue weighted by Crippen LogP contribution is -2.21. The van der Waals surface area contributed by atoms with Crippen LogP contribution in [0.1, 0.15) is 17.3 Å². The summed E-state index contributed by atoms with van der Waals surface area (Å²) in [5.74, 6) is -0.847. The molecule has 0 aliphatic heterocycles. The average Bonchev–Trinajstić information content (AvgIpc) is 2.41. The van der Waals surface area contributed by atoms with E-state index in [0.29, 0.717) is 12.0 Å². The van der Waals surface area contributed by atoms with E-state index in [0.717, 1.165) is 22.3 Å². The smallest absolute Gasteiger partial charge is 0.126 e. The fourth-order valence-corrected chi connectivity index (χ4v) is 2.44. The van der Waals surface area contributed by atoms with Crippen molar-refractivity contribution >= 4 is 15.9 Å². The molecule has 0 saturated heterocycles. The third-order valence-corrected chi connectivity index (χ3v) is 3.57. The van der Waals surface area contributed by atoms with Crippen LogP contribution in [0.15, 0.2) is 41.0 Å². The minimum absolute atomic E-state index is 0.188. The number of nitrogens with one attached hydrogen (secondary N) is 1. The SMILES string of the molecule is CNC(Cc1cc(F)ccc1F)c1ncccc1Br. The van der Waals surface area contributed by atoms with E-state index in [1.54, 1.807) is 13.2 Å². The maximum absolute atomic E-state index is 13.7. The molecule has 0 radical (unpaired) electrons. The maximum Gasteiger partial charge on any atom is 0.126 e. The van der Waals surface area contributed by atoms with Crippen LogP contribution in [-0.4, -0.2) is 12.0 Å². The van der Waals surface area contributed by atoms with Gasteiger partial charge in [-0.2, -0.15) is 0 Å². The fourth-order valence-electron chi connectivity index (χ4n) is 1.91. The average molecular weight is 327 g/mol. The first kappa shape index (κ1) is 14.1. The molecule has 1 unspecified atom stereocenters. The Hall–Kier alpha value is -1.33. The van der Waals surface area contributed by atoms with E-state index < -0.39 is 11.6 Å². The summed E-state index contributed by atoms with van der Waals surface area (Å²) < 4.78 is 27.7. The van der Waals surface area contributed by atoms with E-state index in [4.69, 9.17) is 0 Å². The zero-order valence-corrected chi connectivity index (χ0v) is 11.9. The molecular weight excluding hydrogens is 314 g/mol. The summed E-state index contributed by atoms with van der Waals surface area (Å²) in [6.07, 6.45) is 2.00. The Labute approximate surface area is 119 Å². The quantitative estimate of drug-likeness (QED) is 0.928. The first-order chi connectivity index (χ1) is 9.11. The van der Waals surface area contributed by atoms with Crippen molar-refractivity contribution in [1.82, 2.24) is 10.3 Å². The predicted molar refractivity (Wildman–Crippen MR) is 73.8 cm³/mol. The molecule has 2 nitrogen and oxygen atoms in total. The molecule has 0 aliphatic rings. The van der Waals surface area contributed by atoms with E-state index in [9.17, 15) is 8.78 Å². The van der Waals surface area contributed by atoms with E-state index >= 15 is 0 Å². The predicted octanol–water partition coefficient (Wildman–Crippen LogP) is 3.63. The molecule has 1 aromatic heterocycles. The highest BCUT2D eigenvalue weighted by Crippen LogP contribution is 2.24. The number of benzene rings is 1. The van der Waals surface area contributed by atoms with Crippen LogP contribution >= 0.6 is 15.9 Å². The second kappa shape index (κ2) is 6.21. The highest BCUT2D eigenvalue weighted by atomic mass is 79.9. The summed E-state index contributed by atoms with van der Waals surface area (Å²) in [5, 5.41) is 3.07. The van der Waals surface area contributed by atoms with Crippen molar-refractivity contribution in [2.45, 2.75) is 12.5 Å². The second-order valence-corrected chi connectivity index (χ2v) is 5.01. The third-order valence-electron chi connectivity index (χ3n) is 2.90. The number of rotatable bonds is 4. The first-order valence-corrected chi connectivity index (χ1v) is 6.62. The molecule has 1 aromatic carbocycles. The summed E-state index contributed by atoms with van der Waals surface area (Å²) in [7, 11) is 1.77. The summed E-state index contributed by atoms with van der Waals surface area (Å²) in [4.78, 5) is 4.27. The van der Waals surface area contributed by atoms with Gasteiger partial charge in [0.05, 0.1) is 11.7 Å². The molecular formula is C14H13BrF2N2. The Morgan fingerprint density at radius 2 is 2.11 bits per heavy atom.